The van der Waals surface area contributed by atoms with E-state index in [2.05, 4.69) is 20.8 Å². The van der Waals surface area contributed by atoms with Gasteiger partial charge in [0, 0.05) is 16.3 Å². The molecule has 0 atom stereocenters. The van der Waals surface area contributed by atoms with Gasteiger partial charge in [0.1, 0.15) is 0 Å². The van der Waals surface area contributed by atoms with Gasteiger partial charge in [0.15, 0.2) is 5.11 Å². The lowest BCUT2D eigenvalue weighted by molar-refractivity contribution is 0.0526. The minimum Gasteiger partial charge on any atom is -0.462 e. The van der Waals surface area contributed by atoms with Crippen LogP contribution in [0.3, 0.4) is 0 Å². The fraction of sp³-hybridized carbons (Fsp3) is 0.200. The van der Waals surface area contributed by atoms with Crippen LogP contribution in [0.2, 0.25) is 5.02 Å². The van der Waals surface area contributed by atoms with Crippen LogP contribution in [0.25, 0.3) is 11.4 Å². The standard InChI is InChI=1S/C20H19ClN4O3S/c1-3-27-19(26)14-7-8-16(12(2)9-14)23-20(29)22-11-17-24-18(25-28-17)13-5-4-6-15(21)10-13/h4-10H,3,11H2,1-2H3,(H2,22,23,29). The molecule has 0 aliphatic heterocycles. The van der Waals surface area contributed by atoms with Gasteiger partial charge in [-0.05, 0) is 62.0 Å². The van der Waals surface area contributed by atoms with Gasteiger partial charge in [0.05, 0.1) is 18.7 Å². The maximum absolute atomic E-state index is 11.8. The number of hydrogen-bond donors (Lipinski definition) is 2. The van der Waals surface area contributed by atoms with Crippen LogP contribution in [0.15, 0.2) is 47.0 Å². The Balaban J connectivity index is 1.57. The van der Waals surface area contributed by atoms with E-state index in [0.29, 0.717) is 34.0 Å². The molecule has 0 bridgehead atoms. The summed E-state index contributed by atoms with van der Waals surface area (Å²) in [6.45, 7) is 4.25. The molecule has 3 rings (SSSR count). The molecule has 3 aromatic rings. The van der Waals surface area contributed by atoms with E-state index < -0.39 is 0 Å². The Morgan fingerprint density at radius 2 is 2.10 bits per heavy atom. The predicted molar refractivity (Wildman–Crippen MR) is 115 cm³/mol. The zero-order chi connectivity index (χ0) is 20.8. The number of thiocarbonyl (C=S) groups is 1. The van der Waals surface area contributed by atoms with Crippen molar-refractivity contribution in [2.75, 3.05) is 11.9 Å². The third kappa shape index (κ3) is 5.52. The molecular formula is C20H19ClN4O3S. The van der Waals surface area contributed by atoms with E-state index in [0.717, 1.165) is 16.8 Å². The van der Waals surface area contributed by atoms with E-state index in [1.807, 2.05) is 19.1 Å². The summed E-state index contributed by atoms with van der Waals surface area (Å²) in [5, 5.41) is 11.0. The van der Waals surface area contributed by atoms with E-state index >= 15 is 0 Å². The molecule has 9 heteroatoms. The summed E-state index contributed by atoms with van der Waals surface area (Å²) in [6.07, 6.45) is 0. The number of esters is 1. The van der Waals surface area contributed by atoms with Crippen molar-refractivity contribution in [3.05, 3.63) is 64.5 Å². The van der Waals surface area contributed by atoms with Crippen LogP contribution in [-0.2, 0) is 11.3 Å². The smallest absolute Gasteiger partial charge is 0.338 e. The molecule has 7 nitrogen and oxygen atoms in total. The maximum atomic E-state index is 11.8. The first-order chi connectivity index (χ1) is 14.0. The van der Waals surface area contributed by atoms with Gasteiger partial charge in [-0.15, -0.1) is 0 Å². The number of hydrogen-bond acceptors (Lipinski definition) is 6. The molecule has 29 heavy (non-hydrogen) atoms. The SMILES string of the molecule is CCOC(=O)c1ccc(NC(=S)NCc2nc(-c3cccc(Cl)c3)no2)c(C)c1. The number of benzene rings is 2. The molecule has 0 fully saturated rings. The summed E-state index contributed by atoms with van der Waals surface area (Å²) in [5.74, 6) is 0.488. The number of halogens is 1. The monoisotopic (exact) mass is 430 g/mol. The molecule has 0 saturated heterocycles. The molecule has 0 spiro atoms. The lowest BCUT2D eigenvalue weighted by Crippen LogP contribution is -2.28. The summed E-state index contributed by atoms with van der Waals surface area (Å²) in [6, 6.07) is 12.4. The lowest BCUT2D eigenvalue weighted by Gasteiger charge is -2.12. The Hall–Kier alpha value is -2.97. The van der Waals surface area contributed by atoms with Gasteiger partial charge in [0.25, 0.3) is 0 Å². The molecule has 0 aliphatic carbocycles. The Kier molecular flexibility index (Phi) is 6.79. The number of aromatic nitrogens is 2. The van der Waals surface area contributed by atoms with Crippen molar-refractivity contribution in [2.45, 2.75) is 20.4 Å². The number of carbonyl (C=O) groups is 1. The van der Waals surface area contributed by atoms with Gasteiger partial charge >= 0.3 is 5.97 Å². The highest BCUT2D eigenvalue weighted by molar-refractivity contribution is 7.80. The molecule has 2 N–H and O–H groups in total. The summed E-state index contributed by atoms with van der Waals surface area (Å²) in [5.41, 5.74) is 2.90. The van der Waals surface area contributed by atoms with Gasteiger partial charge in [-0.25, -0.2) is 4.79 Å². The first-order valence-electron chi connectivity index (χ1n) is 8.87. The quantitative estimate of drug-likeness (QED) is 0.440. The third-order valence-corrected chi connectivity index (χ3v) is 4.42. The number of nitrogens with zero attached hydrogens (tertiary/aromatic N) is 2. The zero-order valence-corrected chi connectivity index (χ0v) is 17.4. The van der Waals surface area contributed by atoms with Crippen molar-refractivity contribution >= 4 is 40.6 Å². The summed E-state index contributed by atoms with van der Waals surface area (Å²) in [4.78, 5) is 16.1. The van der Waals surface area contributed by atoms with E-state index in [1.54, 1.807) is 37.3 Å². The van der Waals surface area contributed by atoms with Crippen molar-refractivity contribution in [3.63, 3.8) is 0 Å². The molecule has 0 unspecified atom stereocenters. The first-order valence-corrected chi connectivity index (χ1v) is 9.66. The van der Waals surface area contributed by atoms with E-state index in [4.69, 9.17) is 33.1 Å². The van der Waals surface area contributed by atoms with Crippen molar-refractivity contribution < 1.29 is 14.1 Å². The zero-order valence-electron chi connectivity index (χ0n) is 15.9. The number of rotatable bonds is 6. The van der Waals surface area contributed by atoms with Crippen molar-refractivity contribution in [1.82, 2.24) is 15.5 Å². The van der Waals surface area contributed by atoms with Gasteiger partial charge in [-0.1, -0.05) is 28.9 Å². The number of nitrogens with one attached hydrogen (secondary N) is 2. The van der Waals surface area contributed by atoms with Crippen molar-refractivity contribution in [2.24, 2.45) is 0 Å². The number of aryl methyl sites for hydroxylation is 1. The Morgan fingerprint density at radius 1 is 1.28 bits per heavy atom. The Bertz CT molecular complexity index is 1040. The van der Waals surface area contributed by atoms with E-state index in [-0.39, 0.29) is 12.5 Å². The number of carbonyl (C=O) groups excluding carboxylic acids is 1. The Morgan fingerprint density at radius 3 is 2.83 bits per heavy atom. The van der Waals surface area contributed by atoms with E-state index in [1.165, 1.54) is 0 Å². The molecular weight excluding hydrogens is 412 g/mol. The second-order valence-corrected chi connectivity index (χ2v) is 6.92. The number of anilines is 1. The van der Waals surface area contributed by atoms with Crippen LogP contribution in [0, 0.1) is 6.92 Å². The molecule has 0 amide bonds. The van der Waals surface area contributed by atoms with Crippen molar-refractivity contribution in [3.8, 4) is 11.4 Å². The minimum atomic E-state index is -0.352. The fourth-order valence-corrected chi connectivity index (χ4v) is 2.91. The topological polar surface area (TPSA) is 89.3 Å². The lowest BCUT2D eigenvalue weighted by atomic mass is 10.1. The predicted octanol–water partition coefficient (Wildman–Crippen LogP) is 4.36. The summed E-state index contributed by atoms with van der Waals surface area (Å²) < 4.78 is 10.2. The van der Waals surface area contributed by atoms with E-state index in [9.17, 15) is 4.79 Å². The van der Waals surface area contributed by atoms with Crippen LogP contribution in [0.5, 0.6) is 0 Å². The van der Waals surface area contributed by atoms with Crippen LogP contribution >= 0.6 is 23.8 Å². The molecule has 2 aromatic carbocycles. The second-order valence-electron chi connectivity index (χ2n) is 6.08. The summed E-state index contributed by atoms with van der Waals surface area (Å²) in [7, 11) is 0. The molecule has 0 saturated carbocycles. The van der Waals surface area contributed by atoms with Crippen LogP contribution in [0.4, 0.5) is 5.69 Å². The third-order valence-electron chi connectivity index (χ3n) is 3.94. The van der Waals surface area contributed by atoms with Crippen LogP contribution in [-0.4, -0.2) is 27.8 Å². The number of ether oxygens (including phenoxy) is 1. The molecule has 1 heterocycles. The van der Waals surface area contributed by atoms with Gasteiger partial charge in [-0.2, -0.15) is 4.98 Å². The maximum Gasteiger partial charge on any atom is 0.338 e. The molecule has 0 radical (unpaired) electrons. The van der Waals surface area contributed by atoms with Gasteiger partial charge in [0.2, 0.25) is 11.7 Å². The molecule has 0 aliphatic rings. The van der Waals surface area contributed by atoms with Gasteiger partial charge < -0.3 is 19.9 Å². The van der Waals surface area contributed by atoms with Crippen LogP contribution < -0.4 is 10.6 Å². The average Bonchev–Trinajstić information content (AvgIpc) is 3.17. The van der Waals surface area contributed by atoms with Crippen molar-refractivity contribution in [1.29, 1.82) is 0 Å². The fourth-order valence-electron chi connectivity index (χ4n) is 2.54. The molecule has 150 valence electrons. The highest BCUT2D eigenvalue weighted by atomic mass is 35.5. The average molecular weight is 431 g/mol. The van der Waals surface area contributed by atoms with Crippen LogP contribution in [0.1, 0.15) is 28.7 Å². The highest BCUT2D eigenvalue weighted by Crippen LogP contribution is 2.20. The Labute approximate surface area is 178 Å². The summed E-state index contributed by atoms with van der Waals surface area (Å²) >= 11 is 11.3. The highest BCUT2D eigenvalue weighted by Gasteiger charge is 2.11. The second kappa shape index (κ2) is 9.49. The van der Waals surface area contributed by atoms with Gasteiger partial charge in [-0.3, -0.25) is 0 Å². The minimum absolute atomic E-state index is 0.263. The molecule has 1 aromatic heterocycles. The largest absolute Gasteiger partial charge is 0.462 e. The normalized spacial score (nSPS) is 10.4. The first kappa shape index (κ1) is 20.8.